The molecule has 1 amide bonds. The quantitative estimate of drug-likeness (QED) is 0.569. The van der Waals surface area contributed by atoms with E-state index in [1.807, 2.05) is 26.1 Å². The van der Waals surface area contributed by atoms with Crippen LogP contribution >= 0.6 is 27.3 Å². The molecule has 0 fully saturated rings. The Balaban J connectivity index is 2.02. The SMILES string of the molecule is CCOC(=O)c1cc(CC)sc1NC(=O)c1c(C)nc2c(Br)cc(C)cn12. The molecule has 0 aliphatic carbocycles. The highest BCUT2D eigenvalue weighted by Gasteiger charge is 2.23. The summed E-state index contributed by atoms with van der Waals surface area (Å²) in [6, 6.07) is 3.73. The first-order valence-electron chi connectivity index (χ1n) is 8.61. The van der Waals surface area contributed by atoms with E-state index in [0.717, 1.165) is 21.3 Å². The summed E-state index contributed by atoms with van der Waals surface area (Å²) in [6.45, 7) is 7.78. The van der Waals surface area contributed by atoms with Crippen molar-refractivity contribution in [3.05, 3.63) is 50.2 Å². The maximum absolute atomic E-state index is 13.0. The van der Waals surface area contributed by atoms with Crippen LogP contribution in [0.2, 0.25) is 0 Å². The van der Waals surface area contributed by atoms with E-state index < -0.39 is 5.97 Å². The molecule has 0 aliphatic rings. The summed E-state index contributed by atoms with van der Waals surface area (Å²) in [5, 5.41) is 3.38. The topological polar surface area (TPSA) is 72.7 Å². The number of nitrogens with one attached hydrogen (secondary N) is 1. The first-order valence-corrected chi connectivity index (χ1v) is 10.2. The molecule has 0 spiro atoms. The molecule has 0 unspecified atom stereocenters. The fourth-order valence-electron chi connectivity index (χ4n) is 2.85. The molecule has 0 aliphatic heterocycles. The Morgan fingerprint density at radius 2 is 2.04 bits per heavy atom. The molecule has 0 saturated heterocycles. The zero-order chi connectivity index (χ0) is 19.7. The van der Waals surface area contributed by atoms with Gasteiger partial charge in [-0.05, 0) is 60.8 Å². The number of aromatic nitrogens is 2. The standard InChI is InChI=1S/C19H20BrN3O3S/c1-5-12-8-13(19(25)26-6-2)18(27-12)22-17(24)15-11(4)21-16-14(20)7-10(3)9-23(15)16/h7-9H,5-6H2,1-4H3,(H,22,24). The molecule has 0 radical (unpaired) electrons. The highest BCUT2D eigenvalue weighted by molar-refractivity contribution is 9.10. The number of pyridine rings is 1. The van der Waals surface area contributed by atoms with Gasteiger partial charge in [-0.25, -0.2) is 9.78 Å². The van der Waals surface area contributed by atoms with E-state index in [1.165, 1.54) is 11.3 Å². The van der Waals surface area contributed by atoms with Crippen molar-refractivity contribution in [3.8, 4) is 0 Å². The molecule has 6 nitrogen and oxygen atoms in total. The van der Waals surface area contributed by atoms with Crippen LogP contribution in [0, 0.1) is 13.8 Å². The van der Waals surface area contributed by atoms with Gasteiger partial charge in [-0.1, -0.05) is 6.92 Å². The van der Waals surface area contributed by atoms with E-state index in [9.17, 15) is 9.59 Å². The third-order valence-electron chi connectivity index (χ3n) is 4.06. The number of hydrogen-bond donors (Lipinski definition) is 1. The lowest BCUT2D eigenvalue weighted by Gasteiger charge is -2.07. The molecule has 27 heavy (non-hydrogen) atoms. The number of thiophene rings is 1. The van der Waals surface area contributed by atoms with E-state index in [4.69, 9.17) is 4.74 Å². The number of fused-ring (bicyclic) bond motifs is 1. The van der Waals surface area contributed by atoms with Crippen LogP contribution in [0.3, 0.4) is 0 Å². The number of nitrogens with zero attached hydrogens (tertiary/aromatic N) is 2. The molecule has 3 heterocycles. The normalized spacial score (nSPS) is 11.0. The van der Waals surface area contributed by atoms with Crippen LogP contribution in [0.15, 0.2) is 22.8 Å². The Labute approximate surface area is 169 Å². The largest absolute Gasteiger partial charge is 0.462 e. The van der Waals surface area contributed by atoms with Crippen LogP contribution < -0.4 is 5.32 Å². The predicted octanol–water partition coefficient (Wildman–Crippen LogP) is 4.77. The Kier molecular flexibility index (Phi) is 5.67. The molecule has 0 saturated carbocycles. The predicted molar refractivity (Wildman–Crippen MR) is 110 cm³/mol. The number of carbonyl (C=O) groups is 2. The van der Waals surface area contributed by atoms with Gasteiger partial charge in [0.25, 0.3) is 5.91 Å². The lowest BCUT2D eigenvalue weighted by molar-refractivity contribution is 0.0528. The van der Waals surface area contributed by atoms with E-state index in [0.29, 0.717) is 27.6 Å². The number of imidazole rings is 1. The summed E-state index contributed by atoms with van der Waals surface area (Å²) < 4.78 is 7.70. The van der Waals surface area contributed by atoms with E-state index in [2.05, 4.69) is 26.2 Å². The van der Waals surface area contributed by atoms with Gasteiger partial charge < -0.3 is 10.1 Å². The summed E-state index contributed by atoms with van der Waals surface area (Å²) in [5.41, 5.74) is 3.11. The molecule has 3 aromatic rings. The number of anilines is 1. The van der Waals surface area contributed by atoms with Crippen molar-refractivity contribution in [2.75, 3.05) is 11.9 Å². The molecule has 1 N–H and O–H groups in total. The van der Waals surface area contributed by atoms with Gasteiger partial charge in [-0.2, -0.15) is 0 Å². The lowest BCUT2D eigenvalue weighted by Crippen LogP contribution is -2.17. The molecular formula is C19H20BrN3O3S. The first-order chi connectivity index (χ1) is 12.8. The number of esters is 1. The monoisotopic (exact) mass is 449 g/mol. The summed E-state index contributed by atoms with van der Waals surface area (Å²) >= 11 is 4.88. The second-order valence-corrected chi connectivity index (χ2v) is 8.08. The van der Waals surface area contributed by atoms with Crippen LogP contribution in [-0.2, 0) is 11.2 Å². The number of halogens is 1. The number of amides is 1. The van der Waals surface area contributed by atoms with E-state index >= 15 is 0 Å². The van der Waals surface area contributed by atoms with Crippen molar-refractivity contribution in [3.63, 3.8) is 0 Å². The third-order valence-corrected chi connectivity index (χ3v) is 5.83. The fourth-order valence-corrected chi connectivity index (χ4v) is 4.47. The number of aryl methyl sites for hydroxylation is 3. The van der Waals surface area contributed by atoms with Crippen LogP contribution in [-0.4, -0.2) is 27.9 Å². The second kappa shape index (κ2) is 7.82. The summed E-state index contributed by atoms with van der Waals surface area (Å²) in [6.07, 6.45) is 2.64. The van der Waals surface area contributed by atoms with Gasteiger partial charge in [0.2, 0.25) is 0 Å². The zero-order valence-electron chi connectivity index (χ0n) is 15.6. The van der Waals surface area contributed by atoms with Crippen LogP contribution in [0.4, 0.5) is 5.00 Å². The van der Waals surface area contributed by atoms with Gasteiger partial charge >= 0.3 is 5.97 Å². The van der Waals surface area contributed by atoms with Gasteiger partial charge in [0.15, 0.2) is 5.65 Å². The number of carbonyl (C=O) groups excluding carboxylic acids is 2. The van der Waals surface area contributed by atoms with Gasteiger partial charge in [-0.3, -0.25) is 9.20 Å². The van der Waals surface area contributed by atoms with Crippen molar-refractivity contribution in [1.29, 1.82) is 0 Å². The number of hydrogen-bond acceptors (Lipinski definition) is 5. The molecule has 8 heteroatoms. The molecular weight excluding hydrogens is 430 g/mol. The Bertz CT molecular complexity index is 1040. The van der Waals surface area contributed by atoms with Gasteiger partial charge in [-0.15, -0.1) is 11.3 Å². The van der Waals surface area contributed by atoms with Gasteiger partial charge in [0.1, 0.15) is 10.7 Å². The van der Waals surface area contributed by atoms with E-state index in [-0.39, 0.29) is 12.5 Å². The van der Waals surface area contributed by atoms with Crippen LogP contribution in [0.1, 0.15) is 50.8 Å². The third kappa shape index (κ3) is 3.77. The van der Waals surface area contributed by atoms with Crippen molar-refractivity contribution in [2.24, 2.45) is 0 Å². The molecule has 0 bridgehead atoms. The minimum absolute atomic E-state index is 0.281. The minimum Gasteiger partial charge on any atom is -0.462 e. The molecule has 0 atom stereocenters. The van der Waals surface area contributed by atoms with Gasteiger partial charge in [0.05, 0.1) is 22.3 Å². The maximum atomic E-state index is 13.0. The highest BCUT2D eigenvalue weighted by Crippen LogP contribution is 2.30. The van der Waals surface area contributed by atoms with Crippen molar-refractivity contribution in [1.82, 2.24) is 9.38 Å². The Hall–Kier alpha value is -2.19. The number of ether oxygens (including phenoxy) is 1. The summed E-state index contributed by atoms with van der Waals surface area (Å²) in [7, 11) is 0. The Morgan fingerprint density at radius 3 is 2.70 bits per heavy atom. The molecule has 0 aromatic carbocycles. The van der Waals surface area contributed by atoms with Crippen molar-refractivity contribution in [2.45, 2.75) is 34.1 Å². The highest BCUT2D eigenvalue weighted by atomic mass is 79.9. The maximum Gasteiger partial charge on any atom is 0.341 e. The Morgan fingerprint density at radius 1 is 1.30 bits per heavy atom. The number of rotatable bonds is 5. The van der Waals surface area contributed by atoms with E-state index in [1.54, 1.807) is 24.3 Å². The zero-order valence-corrected chi connectivity index (χ0v) is 18.0. The molecule has 3 rings (SSSR count). The van der Waals surface area contributed by atoms with Crippen LogP contribution in [0.5, 0.6) is 0 Å². The van der Waals surface area contributed by atoms with Gasteiger partial charge in [0, 0.05) is 11.1 Å². The summed E-state index contributed by atoms with van der Waals surface area (Å²) in [5.74, 6) is -0.746. The average molecular weight is 450 g/mol. The first kappa shape index (κ1) is 19.6. The van der Waals surface area contributed by atoms with Crippen LogP contribution in [0.25, 0.3) is 5.65 Å². The minimum atomic E-state index is -0.433. The van der Waals surface area contributed by atoms with Crippen molar-refractivity contribution >= 4 is 49.8 Å². The average Bonchev–Trinajstić information content (AvgIpc) is 3.15. The fraction of sp³-hybridized carbons (Fsp3) is 0.316. The summed E-state index contributed by atoms with van der Waals surface area (Å²) in [4.78, 5) is 30.8. The molecule has 142 valence electrons. The second-order valence-electron chi connectivity index (χ2n) is 6.09. The molecule has 3 aromatic heterocycles. The van der Waals surface area contributed by atoms with Crippen molar-refractivity contribution < 1.29 is 14.3 Å². The smallest absolute Gasteiger partial charge is 0.341 e. The lowest BCUT2D eigenvalue weighted by atomic mass is 10.2.